The molecule has 0 bridgehead atoms. The van der Waals surface area contributed by atoms with E-state index in [4.69, 9.17) is 11.6 Å². The van der Waals surface area contributed by atoms with Gasteiger partial charge in [-0.3, -0.25) is 4.79 Å². The standard InChI is InChI=1S/C17H18ClNO/c1-13-4-3-5-15(10-13)12-19(2)17(20)16-8-6-14(11-18)7-9-16/h3-10H,11-12H2,1-2H3. The highest BCUT2D eigenvalue weighted by molar-refractivity contribution is 6.17. The Bertz CT molecular complexity index is 592. The molecule has 0 aliphatic rings. The fourth-order valence-electron chi connectivity index (χ4n) is 2.11. The minimum absolute atomic E-state index is 0.0210. The summed E-state index contributed by atoms with van der Waals surface area (Å²) >= 11 is 5.75. The van der Waals surface area contributed by atoms with E-state index in [0.717, 1.165) is 11.1 Å². The van der Waals surface area contributed by atoms with Gasteiger partial charge in [0.15, 0.2) is 0 Å². The molecular weight excluding hydrogens is 270 g/mol. The Morgan fingerprint density at radius 2 is 1.80 bits per heavy atom. The average Bonchev–Trinajstić information content (AvgIpc) is 2.46. The smallest absolute Gasteiger partial charge is 0.253 e. The van der Waals surface area contributed by atoms with E-state index in [0.29, 0.717) is 18.0 Å². The maximum absolute atomic E-state index is 12.3. The van der Waals surface area contributed by atoms with Crippen LogP contribution in [0.3, 0.4) is 0 Å². The molecule has 0 aliphatic carbocycles. The van der Waals surface area contributed by atoms with Gasteiger partial charge in [0.2, 0.25) is 0 Å². The molecule has 0 aliphatic heterocycles. The lowest BCUT2D eigenvalue weighted by Crippen LogP contribution is -2.26. The molecule has 0 aromatic heterocycles. The number of rotatable bonds is 4. The highest BCUT2D eigenvalue weighted by atomic mass is 35.5. The molecule has 2 nitrogen and oxygen atoms in total. The van der Waals surface area contributed by atoms with Gasteiger partial charge in [-0.05, 0) is 30.2 Å². The van der Waals surface area contributed by atoms with Crippen molar-refractivity contribution < 1.29 is 4.79 Å². The molecule has 2 rings (SSSR count). The molecule has 0 spiro atoms. The van der Waals surface area contributed by atoms with Crippen LogP contribution in [0.4, 0.5) is 0 Å². The summed E-state index contributed by atoms with van der Waals surface area (Å²) in [6.45, 7) is 2.66. The van der Waals surface area contributed by atoms with E-state index >= 15 is 0 Å². The molecule has 2 aromatic rings. The molecule has 0 radical (unpaired) electrons. The first-order chi connectivity index (χ1) is 9.60. The van der Waals surface area contributed by atoms with Crippen LogP contribution in [0.15, 0.2) is 48.5 Å². The number of alkyl halides is 1. The van der Waals surface area contributed by atoms with Crippen molar-refractivity contribution in [1.29, 1.82) is 0 Å². The first-order valence-electron chi connectivity index (χ1n) is 6.56. The molecule has 0 unspecified atom stereocenters. The van der Waals surface area contributed by atoms with Gasteiger partial charge in [0, 0.05) is 25.0 Å². The first-order valence-corrected chi connectivity index (χ1v) is 7.09. The van der Waals surface area contributed by atoms with Crippen LogP contribution in [0.2, 0.25) is 0 Å². The zero-order valence-corrected chi connectivity index (χ0v) is 12.5. The fraction of sp³-hybridized carbons (Fsp3) is 0.235. The van der Waals surface area contributed by atoms with Crippen molar-refractivity contribution in [2.45, 2.75) is 19.3 Å². The number of benzene rings is 2. The Kier molecular flexibility index (Phi) is 4.80. The van der Waals surface area contributed by atoms with Gasteiger partial charge in [-0.1, -0.05) is 42.0 Å². The van der Waals surface area contributed by atoms with Crippen LogP contribution in [-0.4, -0.2) is 17.9 Å². The van der Waals surface area contributed by atoms with Crippen LogP contribution < -0.4 is 0 Å². The van der Waals surface area contributed by atoms with Crippen LogP contribution >= 0.6 is 11.6 Å². The third-order valence-electron chi connectivity index (χ3n) is 3.20. The number of nitrogens with zero attached hydrogens (tertiary/aromatic N) is 1. The molecule has 0 heterocycles. The number of carbonyl (C=O) groups excluding carboxylic acids is 1. The van der Waals surface area contributed by atoms with E-state index in [2.05, 4.69) is 19.1 Å². The number of hydrogen-bond acceptors (Lipinski definition) is 1. The van der Waals surface area contributed by atoms with Crippen molar-refractivity contribution in [2.75, 3.05) is 7.05 Å². The summed E-state index contributed by atoms with van der Waals surface area (Å²) in [5.74, 6) is 0.487. The number of amides is 1. The van der Waals surface area contributed by atoms with Gasteiger partial charge in [0.1, 0.15) is 0 Å². The molecule has 1 amide bonds. The van der Waals surface area contributed by atoms with E-state index in [9.17, 15) is 4.79 Å². The number of aryl methyl sites for hydroxylation is 1. The second-order valence-electron chi connectivity index (χ2n) is 4.98. The van der Waals surface area contributed by atoms with E-state index < -0.39 is 0 Å². The van der Waals surface area contributed by atoms with Crippen molar-refractivity contribution in [1.82, 2.24) is 4.90 Å². The van der Waals surface area contributed by atoms with Crippen molar-refractivity contribution >= 4 is 17.5 Å². The van der Waals surface area contributed by atoms with E-state index in [1.807, 2.05) is 43.4 Å². The normalized spacial score (nSPS) is 10.3. The van der Waals surface area contributed by atoms with Crippen molar-refractivity contribution in [3.05, 3.63) is 70.8 Å². The highest BCUT2D eigenvalue weighted by Crippen LogP contribution is 2.12. The third-order valence-corrected chi connectivity index (χ3v) is 3.51. The summed E-state index contributed by atoms with van der Waals surface area (Å²) in [5, 5.41) is 0. The van der Waals surface area contributed by atoms with Crippen molar-refractivity contribution in [2.24, 2.45) is 0 Å². The van der Waals surface area contributed by atoms with Gasteiger partial charge < -0.3 is 4.90 Å². The molecule has 104 valence electrons. The van der Waals surface area contributed by atoms with Crippen molar-refractivity contribution in [3.63, 3.8) is 0 Å². The van der Waals surface area contributed by atoms with Crippen molar-refractivity contribution in [3.8, 4) is 0 Å². The zero-order chi connectivity index (χ0) is 14.5. The maximum Gasteiger partial charge on any atom is 0.253 e. The monoisotopic (exact) mass is 287 g/mol. The predicted octanol–water partition coefficient (Wildman–Crippen LogP) is 4.01. The van der Waals surface area contributed by atoms with Gasteiger partial charge in [-0.25, -0.2) is 0 Å². The fourth-order valence-corrected chi connectivity index (χ4v) is 2.29. The number of halogens is 1. The second kappa shape index (κ2) is 6.58. The quantitative estimate of drug-likeness (QED) is 0.778. The van der Waals surface area contributed by atoms with E-state index in [1.54, 1.807) is 4.90 Å². The van der Waals surface area contributed by atoms with Gasteiger partial charge in [-0.15, -0.1) is 11.6 Å². The van der Waals surface area contributed by atoms with Crippen LogP contribution in [0, 0.1) is 6.92 Å². The van der Waals surface area contributed by atoms with Gasteiger partial charge in [-0.2, -0.15) is 0 Å². The largest absolute Gasteiger partial charge is 0.337 e. The summed E-state index contributed by atoms with van der Waals surface area (Å²) in [5.41, 5.74) is 4.05. The first kappa shape index (κ1) is 14.6. The van der Waals surface area contributed by atoms with Gasteiger partial charge in [0.05, 0.1) is 0 Å². The Labute approximate surface area is 125 Å². The minimum Gasteiger partial charge on any atom is -0.337 e. The Hall–Kier alpha value is -1.80. The van der Waals surface area contributed by atoms with Crippen LogP contribution in [-0.2, 0) is 12.4 Å². The van der Waals surface area contributed by atoms with Crippen LogP contribution in [0.5, 0.6) is 0 Å². The van der Waals surface area contributed by atoms with Gasteiger partial charge >= 0.3 is 0 Å². The summed E-state index contributed by atoms with van der Waals surface area (Å²) in [4.78, 5) is 14.1. The summed E-state index contributed by atoms with van der Waals surface area (Å²) < 4.78 is 0. The molecule has 0 atom stereocenters. The average molecular weight is 288 g/mol. The molecule has 0 N–H and O–H groups in total. The molecule has 0 fully saturated rings. The molecule has 2 aromatic carbocycles. The Morgan fingerprint density at radius 1 is 1.10 bits per heavy atom. The number of hydrogen-bond donors (Lipinski definition) is 0. The van der Waals surface area contributed by atoms with E-state index in [-0.39, 0.29) is 5.91 Å². The topological polar surface area (TPSA) is 20.3 Å². The SMILES string of the molecule is Cc1cccc(CN(C)C(=O)c2ccc(CCl)cc2)c1. The zero-order valence-electron chi connectivity index (χ0n) is 11.8. The molecule has 0 saturated heterocycles. The lowest BCUT2D eigenvalue weighted by molar-refractivity contribution is 0.0785. The molecule has 20 heavy (non-hydrogen) atoms. The van der Waals surface area contributed by atoms with Crippen LogP contribution in [0.25, 0.3) is 0 Å². The minimum atomic E-state index is 0.0210. The maximum atomic E-state index is 12.3. The van der Waals surface area contributed by atoms with Crippen LogP contribution in [0.1, 0.15) is 27.0 Å². The van der Waals surface area contributed by atoms with E-state index in [1.165, 1.54) is 5.56 Å². The molecule has 0 saturated carbocycles. The summed E-state index contributed by atoms with van der Waals surface area (Å²) in [6, 6.07) is 15.6. The predicted molar refractivity (Wildman–Crippen MR) is 83.0 cm³/mol. The molecular formula is C17H18ClNO. The lowest BCUT2D eigenvalue weighted by atomic mass is 10.1. The molecule has 3 heteroatoms. The summed E-state index contributed by atoms with van der Waals surface area (Å²) in [6.07, 6.45) is 0. The highest BCUT2D eigenvalue weighted by Gasteiger charge is 2.11. The Balaban J connectivity index is 2.07. The lowest BCUT2D eigenvalue weighted by Gasteiger charge is -2.17. The third kappa shape index (κ3) is 3.61. The Morgan fingerprint density at radius 3 is 2.40 bits per heavy atom. The van der Waals surface area contributed by atoms with Gasteiger partial charge in [0.25, 0.3) is 5.91 Å². The number of carbonyl (C=O) groups is 1. The second-order valence-corrected chi connectivity index (χ2v) is 5.25. The summed E-state index contributed by atoms with van der Waals surface area (Å²) in [7, 11) is 1.82.